The second kappa shape index (κ2) is 4.39. The average molecular weight is 280 g/mol. The molecule has 3 N–H and O–H groups in total. The quantitative estimate of drug-likeness (QED) is 0.685. The maximum atomic E-state index is 6.03. The van der Waals surface area contributed by atoms with Gasteiger partial charge >= 0.3 is 0 Å². The fourth-order valence-electron chi connectivity index (χ4n) is 1.35. The van der Waals surface area contributed by atoms with E-state index in [1.807, 2.05) is 0 Å². The Morgan fingerprint density at radius 2 is 1.83 bits per heavy atom. The van der Waals surface area contributed by atoms with Crippen molar-refractivity contribution in [1.82, 2.24) is 29.9 Å². The molecule has 0 bridgehead atoms. The molecule has 0 unspecified atom stereocenters. The first kappa shape index (κ1) is 11.2. The van der Waals surface area contributed by atoms with E-state index in [0.29, 0.717) is 20.7 Å². The molecule has 0 saturated carbocycles. The molecule has 0 spiro atoms. The molecule has 9 heteroatoms. The summed E-state index contributed by atoms with van der Waals surface area (Å²) in [6.07, 6.45) is 4.35. The summed E-state index contributed by atoms with van der Waals surface area (Å²) in [6.45, 7) is 0. The Balaban J connectivity index is 2.06. The van der Waals surface area contributed by atoms with E-state index >= 15 is 0 Å². The predicted octanol–water partition coefficient (Wildman–Crippen LogP) is 1.53. The van der Waals surface area contributed by atoms with E-state index in [1.54, 1.807) is 6.33 Å². The summed E-state index contributed by atoms with van der Waals surface area (Å²) >= 11 is 7.31. The fraction of sp³-hybridized carbons (Fsp3) is 0. The monoisotopic (exact) mass is 279 g/mol. The third-order valence-electron chi connectivity index (χ3n) is 2.17. The normalized spacial score (nSPS) is 10.9. The lowest BCUT2D eigenvalue weighted by Gasteiger charge is -2.03. The number of nitrogens with two attached hydrogens (primary N) is 1. The number of H-pyrrole nitrogens is 1. The number of fused-ring (bicyclic) bond motifs is 1. The minimum absolute atomic E-state index is 0.240. The molecule has 0 saturated heterocycles. The highest BCUT2D eigenvalue weighted by Gasteiger charge is 2.12. The van der Waals surface area contributed by atoms with E-state index in [4.69, 9.17) is 17.3 Å². The number of nitrogens with zero attached hydrogens (tertiary/aromatic N) is 5. The summed E-state index contributed by atoms with van der Waals surface area (Å²) in [5.41, 5.74) is 6.94. The van der Waals surface area contributed by atoms with Crippen molar-refractivity contribution in [3.05, 3.63) is 24.0 Å². The molecular weight excluding hydrogens is 274 g/mol. The number of imidazole rings is 1. The van der Waals surface area contributed by atoms with Crippen molar-refractivity contribution in [2.24, 2.45) is 0 Å². The van der Waals surface area contributed by atoms with Crippen LogP contribution < -0.4 is 5.73 Å². The highest BCUT2D eigenvalue weighted by Crippen LogP contribution is 2.34. The summed E-state index contributed by atoms with van der Waals surface area (Å²) in [5.74, 6) is 0.240. The van der Waals surface area contributed by atoms with Gasteiger partial charge in [0.1, 0.15) is 39.1 Å². The van der Waals surface area contributed by atoms with Gasteiger partial charge in [0.2, 0.25) is 0 Å². The van der Waals surface area contributed by atoms with Crippen molar-refractivity contribution < 1.29 is 0 Å². The second-order valence-corrected chi connectivity index (χ2v) is 4.62. The molecule has 7 nitrogen and oxygen atoms in total. The number of aromatic nitrogens is 6. The van der Waals surface area contributed by atoms with Gasteiger partial charge in [0.25, 0.3) is 0 Å². The van der Waals surface area contributed by atoms with Crippen LogP contribution in [0, 0.1) is 0 Å². The zero-order chi connectivity index (χ0) is 12.5. The van der Waals surface area contributed by atoms with Crippen LogP contribution in [0.15, 0.2) is 29.0 Å². The molecule has 0 aliphatic heterocycles. The molecule has 0 aliphatic carbocycles. The summed E-state index contributed by atoms with van der Waals surface area (Å²) < 4.78 is 0. The smallest absolute Gasteiger partial charge is 0.181 e. The maximum Gasteiger partial charge on any atom is 0.181 e. The van der Waals surface area contributed by atoms with E-state index in [0.717, 1.165) is 5.52 Å². The number of nitrogens with one attached hydrogen (secondary N) is 1. The predicted molar refractivity (Wildman–Crippen MR) is 67.3 cm³/mol. The molecular formula is C9H6ClN7S. The Kier molecular flexibility index (Phi) is 2.73. The number of nitrogen functional groups attached to an aromatic ring is 1. The summed E-state index contributed by atoms with van der Waals surface area (Å²) in [7, 11) is 0. The van der Waals surface area contributed by atoms with E-state index in [1.165, 1.54) is 24.4 Å². The fourth-order valence-corrected chi connectivity index (χ4v) is 2.39. The minimum Gasteiger partial charge on any atom is -0.382 e. The van der Waals surface area contributed by atoms with Crippen LogP contribution in [0.25, 0.3) is 11.2 Å². The minimum atomic E-state index is 0.240. The van der Waals surface area contributed by atoms with Gasteiger partial charge in [-0.2, -0.15) is 0 Å². The van der Waals surface area contributed by atoms with Gasteiger partial charge in [0.05, 0.1) is 6.33 Å². The lowest BCUT2D eigenvalue weighted by molar-refractivity contribution is 1.04. The Bertz CT molecular complexity index is 713. The Morgan fingerprint density at radius 1 is 1.06 bits per heavy atom. The van der Waals surface area contributed by atoms with E-state index < -0.39 is 0 Å². The lowest BCUT2D eigenvalue weighted by Crippen LogP contribution is -1.95. The third kappa shape index (κ3) is 1.85. The van der Waals surface area contributed by atoms with Gasteiger partial charge in [0, 0.05) is 0 Å². The molecule has 3 heterocycles. The molecule has 0 fully saturated rings. The molecule has 18 heavy (non-hydrogen) atoms. The molecule has 0 radical (unpaired) electrons. The number of aromatic amines is 1. The van der Waals surface area contributed by atoms with E-state index in [9.17, 15) is 0 Å². The van der Waals surface area contributed by atoms with E-state index in [2.05, 4.69) is 29.9 Å². The van der Waals surface area contributed by atoms with Crippen LogP contribution in [-0.4, -0.2) is 29.9 Å². The van der Waals surface area contributed by atoms with Gasteiger partial charge in [-0.05, 0) is 11.8 Å². The van der Waals surface area contributed by atoms with Crippen LogP contribution >= 0.6 is 23.4 Å². The SMILES string of the molecule is Nc1ncnc(Sc2ncnc3nc[nH]c23)c1Cl. The highest BCUT2D eigenvalue weighted by atomic mass is 35.5. The Hall–Kier alpha value is -1.93. The van der Waals surface area contributed by atoms with Crippen LogP contribution in [0.2, 0.25) is 5.02 Å². The summed E-state index contributed by atoms with van der Waals surface area (Å²) in [4.78, 5) is 23.1. The number of halogens is 1. The first-order valence-corrected chi connectivity index (χ1v) is 6.03. The van der Waals surface area contributed by atoms with Gasteiger partial charge in [0.15, 0.2) is 5.65 Å². The average Bonchev–Trinajstić information content (AvgIpc) is 2.84. The molecule has 0 aromatic carbocycles. The van der Waals surface area contributed by atoms with Crippen molar-refractivity contribution in [2.75, 3.05) is 5.73 Å². The number of rotatable bonds is 2. The second-order valence-electron chi connectivity index (χ2n) is 3.26. The Labute approximate surface area is 110 Å². The van der Waals surface area contributed by atoms with Crippen molar-refractivity contribution >= 4 is 40.3 Å². The topological polar surface area (TPSA) is 106 Å². The zero-order valence-electron chi connectivity index (χ0n) is 8.83. The van der Waals surface area contributed by atoms with Crippen LogP contribution in [-0.2, 0) is 0 Å². The number of hydrogen-bond donors (Lipinski definition) is 2. The third-order valence-corrected chi connectivity index (χ3v) is 3.66. The van der Waals surface area contributed by atoms with Gasteiger partial charge in [-0.25, -0.2) is 24.9 Å². The molecule has 90 valence electrons. The first-order chi connectivity index (χ1) is 8.75. The van der Waals surface area contributed by atoms with Crippen molar-refractivity contribution in [3.8, 4) is 0 Å². The van der Waals surface area contributed by atoms with Crippen molar-refractivity contribution in [1.29, 1.82) is 0 Å². The zero-order valence-corrected chi connectivity index (χ0v) is 10.4. The molecule has 3 rings (SSSR count). The van der Waals surface area contributed by atoms with Crippen LogP contribution in [0.5, 0.6) is 0 Å². The summed E-state index contributed by atoms with van der Waals surface area (Å²) in [6, 6.07) is 0. The van der Waals surface area contributed by atoms with Crippen LogP contribution in [0.1, 0.15) is 0 Å². The number of anilines is 1. The van der Waals surface area contributed by atoms with Gasteiger partial charge in [-0.3, -0.25) is 0 Å². The van der Waals surface area contributed by atoms with Crippen molar-refractivity contribution in [2.45, 2.75) is 10.1 Å². The van der Waals surface area contributed by atoms with Gasteiger partial charge < -0.3 is 10.7 Å². The highest BCUT2D eigenvalue weighted by molar-refractivity contribution is 7.99. The molecule has 0 aliphatic rings. The molecule has 0 amide bonds. The molecule has 3 aromatic heterocycles. The Morgan fingerprint density at radius 3 is 2.72 bits per heavy atom. The molecule has 0 atom stereocenters. The maximum absolute atomic E-state index is 6.03. The molecule has 3 aromatic rings. The van der Waals surface area contributed by atoms with Crippen LogP contribution in [0.4, 0.5) is 5.82 Å². The van der Waals surface area contributed by atoms with E-state index in [-0.39, 0.29) is 5.82 Å². The van der Waals surface area contributed by atoms with Crippen LogP contribution in [0.3, 0.4) is 0 Å². The lowest BCUT2D eigenvalue weighted by atomic mass is 10.6. The van der Waals surface area contributed by atoms with Gasteiger partial charge in [-0.15, -0.1) is 0 Å². The summed E-state index contributed by atoms with van der Waals surface area (Å²) in [5, 5.41) is 1.53. The first-order valence-electron chi connectivity index (χ1n) is 4.83. The number of hydrogen-bond acceptors (Lipinski definition) is 7. The largest absolute Gasteiger partial charge is 0.382 e. The van der Waals surface area contributed by atoms with Gasteiger partial charge in [-0.1, -0.05) is 11.6 Å². The van der Waals surface area contributed by atoms with Crippen molar-refractivity contribution in [3.63, 3.8) is 0 Å². The standard InChI is InChI=1S/C9H6ClN7S/c10-4-6(11)13-2-16-8(4)18-9-5-7(14-1-12-5)15-3-17-9/h1-3H,(H2,11,13,16)(H,12,14,15,17).